The largest absolute Gasteiger partial charge is 0.0851 e. The molecule has 1 fully saturated rings. The van der Waals surface area contributed by atoms with E-state index in [1.807, 2.05) is 0 Å². The van der Waals surface area contributed by atoms with Gasteiger partial charge in [-0.05, 0) is 54.6 Å². The first-order valence-electron chi connectivity index (χ1n) is 9.14. The standard InChI is InChI=1S/C21H30/c1-2-3-4-5-6-7-8-17-9-12-19(13-10-17)21-16-18-11-14-20(21)15-18/h9-14,18,20-21H,2-8,15-16H2,1H3. The van der Waals surface area contributed by atoms with Crippen molar-refractivity contribution >= 4 is 0 Å². The molecular weight excluding hydrogens is 252 g/mol. The smallest absolute Gasteiger partial charge is 0.00932 e. The van der Waals surface area contributed by atoms with E-state index >= 15 is 0 Å². The van der Waals surface area contributed by atoms with E-state index in [-0.39, 0.29) is 0 Å². The first kappa shape index (κ1) is 14.9. The summed E-state index contributed by atoms with van der Waals surface area (Å²) in [4.78, 5) is 0. The number of hydrogen-bond donors (Lipinski definition) is 0. The molecule has 2 aliphatic carbocycles. The molecule has 114 valence electrons. The monoisotopic (exact) mass is 282 g/mol. The van der Waals surface area contributed by atoms with Gasteiger partial charge in [0, 0.05) is 0 Å². The van der Waals surface area contributed by atoms with Crippen LogP contribution < -0.4 is 0 Å². The lowest BCUT2D eigenvalue weighted by Crippen LogP contribution is -2.04. The average molecular weight is 282 g/mol. The molecule has 0 spiro atoms. The van der Waals surface area contributed by atoms with Crippen LogP contribution in [-0.4, -0.2) is 0 Å². The van der Waals surface area contributed by atoms with Crippen LogP contribution in [0.1, 0.15) is 75.3 Å². The van der Waals surface area contributed by atoms with Crippen molar-refractivity contribution in [1.29, 1.82) is 0 Å². The van der Waals surface area contributed by atoms with Crippen molar-refractivity contribution in [3.8, 4) is 0 Å². The van der Waals surface area contributed by atoms with Crippen LogP contribution in [0.5, 0.6) is 0 Å². The van der Waals surface area contributed by atoms with Gasteiger partial charge in [0.25, 0.3) is 0 Å². The quantitative estimate of drug-likeness (QED) is 0.389. The molecule has 1 aromatic rings. The zero-order valence-electron chi connectivity index (χ0n) is 13.6. The second-order valence-electron chi connectivity index (χ2n) is 7.15. The van der Waals surface area contributed by atoms with Gasteiger partial charge in [-0.15, -0.1) is 0 Å². The van der Waals surface area contributed by atoms with E-state index < -0.39 is 0 Å². The highest BCUT2D eigenvalue weighted by atomic mass is 14.4. The molecule has 3 unspecified atom stereocenters. The van der Waals surface area contributed by atoms with Gasteiger partial charge >= 0.3 is 0 Å². The van der Waals surface area contributed by atoms with Gasteiger partial charge in [0.05, 0.1) is 0 Å². The Kier molecular flexibility index (Phi) is 5.17. The lowest BCUT2D eigenvalue weighted by Gasteiger charge is -2.18. The van der Waals surface area contributed by atoms with Crippen molar-refractivity contribution in [3.05, 3.63) is 47.5 Å². The minimum Gasteiger partial charge on any atom is -0.0851 e. The van der Waals surface area contributed by atoms with Gasteiger partial charge in [-0.2, -0.15) is 0 Å². The third kappa shape index (κ3) is 3.78. The van der Waals surface area contributed by atoms with E-state index in [9.17, 15) is 0 Å². The fourth-order valence-electron chi connectivity index (χ4n) is 4.20. The summed E-state index contributed by atoms with van der Waals surface area (Å²) in [6.07, 6.45) is 17.3. The number of hydrogen-bond acceptors (Lipinski definition) is 0. The molecule has 0 N–H and O–H groups in total. The zero-order chi connectivity index (χ0) is 14.5. The number of benzene rings is 1. The van der Waals surface area contributed by atoms with E-state index in [0.717, 1.165) is 17.8 Å². The number of allylic oxidation sites excluding steroid dienone is 2. The normalized spacial score (nSPS) is 26.6. The summed E-state index contributed by atoms with van der Waals surface area (Å²) in [5, 5.41) is 0. The van der Waals surface area contributed by atoms with Crippen molar-refractivity contribution in [1.82, 2.24) is 0 Å². The van der Waals surface area contributed by atoms with Crippen LogP contribution in [0.3, 0.4) is 0 Å². The van der Waals surface area contributed by atoms with Gasteiger partial charge < -0.3 is 0 Å². The Bertz CT molecular complexity index is 453. The molecule has 0 aromatic heterocycles. The number of fused-ring (bicyclic) bond motifs is 2. The van der Waals surface area contributed by atoms with E-state index in [1.165, 1.54) is 63.4 Å². The fraction of sp³-hybridized carbons (Fsp3) is 0.619. The molecular formula is C21H30. The zero-order valence-corrected chi connectivity index (χ0v) is 13.6. The SMILES string of the molecule is CCCCCCCCc1ccc(C2CC3C=CC2C3)cc1. The fourth-order valence-corrected chi connectivity index (χ4v) is 4.20. The van der Waals surface area contributed by atoms with E-state index in [0.29, 0.717) is 0 Å². The highest BCUT2D eigenvalue weighted by Gasteiger charge is 2.36. The van der Waals surface area contributed by atoms with Gasteiger partial charge in [-0.1, -0.05) is 75.4 Å². The third-order valence-electron chi connectivity index (χ3n) is 5.51. The van der Waals surface area contributed by atoms with Crippen LogP contribution >= 0.6 is 0 Å². The second-order valence-corrected chi connectivity index (χ2v) is 7.15. The van der Waals surface area contributed by atoms with E-state index in [2.05, 4.69) is 43.3 Å². The summed E-state index contributed by atoms with van der Waals surface area (Å²) in [5.74, 6) is 2.52. The van der Waals surface area contributed by atoms with Crippen molar-refractivity contribution in [3.63, 3.8) is 0 Å². The summed E-state index contributed by atoms with van der Waals surface area (Å²) in [7, 11) is 0. The van der Waals surface area contributed by atoms with E-state index in [1.54, 1.807) is 5.56 Å². The van der Waals surface area contributed by atoms with Crippen LogP contribution in [0.15, 0.2) is 36.4 Å². The van der Waals surface area contributed by atoms with Crippen LogP contribution in [0, 0.1) is 11.8 Å². The predicted octanol–water partition coefficient (Wildman–Crippen LogP) is 6.27. The molecule has 0 radical (unpaired) electrons. The highest BCUT2D eigenvalue weighted by molar-refractivity contribution is 5.30. The van der Waals surface area contributed by atoms with Crippen molar-refractivity contribution < 1.29 is 0 Å². The lowest BCUT2D eigenvalue weighted by atomic mass is 9.86. The number of unbranched alkanes of at least 4 members (excludes halogenated alkanes) is 5. The molecule has 0 amide bonds. The minimum absolute atomic E-state index is 0.808. The molecule has 3 rings (SSSR count). The Labute approximate surface area is 130 Å². The highest BCUT2D eigenvalue weighted by Crippen LogP contribution is 2.48. The Balaban J connectivity index is 1.43. The maximum absolute atomic E-state index is 2.46. The topological polar surface area (TPSA) is 0 Å². The molecule has 0 aliphatic heterocycles. The second kappa shape index (κ2) is 7.29. The maximum atomic E-state index is 2.46. The molecule has 2 bridgehead atoms. The molecule has 2 aliphatic rings. The molecule has 1 aromatic carbocycles. The van der Waals surface area contributed by atoms with Crippen molar-refractivity contribution in [2.24, 2.45) is 11.8 Å². The van der Waals surface area contributed by atoms with Gasteiger partial charge in [0.1, 0.15) is 0 Å². The summed E-state index contributed by atoms with van der Waals surface area (Å²) in [6, 6.07) is 9.59. The first-order chi connectivity index (χ1) is 10.4. The Morgan fingerprint density at radius 3 is 2.29 bits per heavy atom. The first-order valence-corrected chi connectivity index (χ1v) is 9.14. The van der Waals surface area contributed by atoms with Crippen molar-refractivity contribution in [2.45, 2.75) is 70.6 Å². The Morgan fingerprint density at radius 2 is 1.62 bits per heavy atom. The summed E-state index contributed by atoms with van der Waals surface area (Å²) in [6.45, 7) is 2.29. The molecule has 21 heavy (non-hydrogen) atoms. The molecule has 1 saturated carbocycles. The molecule has 0 nitrogen and oxygen atoms in total. The van der Waals surface area contributed by atoms with Crippen LogP contribution in [-0.2, 0) is 6.42 Å². The summed E-state index contributed by atoms with van der Waals surface area (Å²) >= 11 is 0. The Morgan fingerprint density at radius 1 is 0.857 bits per heavy atom. The molecule has 3 atom stereocenters. The summed E-state index contributed by atoms with van der Waals surface area (Å²) in [5.41, 5.74) is 3.12. The number of aryl methyl sites for hydroxylation is 1. The maximum Gasteiger partial charge on any atom is -0.00932 e. The number of rotatable bonds is 8. The van der Waals surface area contributed by atoms with E-state index in [4.69, 9.17) is 0 Å². The third-order valence-corrected chi connectivity index (χ3v) is 5.51. The average Bonchev–Trinajstić information content (AvgIpc) is 3.14. The van der Waals surface area contributed by atoms with Gasteiger partial charge in [0.2, 0.25) is 0 Å². The van der Waals surface area contributed by atoms with Crippen molar-refractivity contribution in [2.75, 3.05) is 0 Å². The van der Waals surface area contributed by atoms with Crippen LogP contribution in [0.25, 0.3) is 0 Å². The van der Waals surface area contributed by atoms with Gasteiger partial charge in [0.15, 0.2) is 0 Å². The van der Waals surface area contributed by atoms with Gasteiger partial charge in [-0.25, -0.2) is 0 Å². The minimum atomic E-state index is 0.808. The van der Waals surface area contributed by atoms with Crippen LogP contribution in [0.4, 0.5) is 0 Å². The summed E-state index contributed by atoms with van der Waals surface area (Å²) < 4.78 is 0. The molecule has 0 heteroatoms. The molecule has 0 heterocycles. The predicted molar refractivity (Wildman–Crippen MR) is 91.6 cm³/mol. The van der Waals surface area contributed by atoms with Crippen LogP contribution in [0.2, 0.25) is 0 Å². The lowest BCUT2D eigenvalue weighted by molar-refractivity contribution is 0.585. The van der Waals surface area contributed by atoms with Gasteiger partial charge in [-0.3, -0.25) is 0 Å². The Hall–Kier alpha value is -1.04. The molecule has 0 saturated heterocycles.